The predicted octanol–water partition coefficient (Wildman–Crippen LogP) is 2.49. The van der Waals surface area contributed by atoms with E-state index in [0.29, 0.717) is 12.0 Å². The molecule has 0 spiro atoms. The van der Waals surface area contributed by atoms with E-state index in [4.69, 9.17) is 0 Å². The van der Waals surface area contributed by atoms with E-state index >= 15 is 0 Å². The molecular weight excluding hydrogens is 283 g/mol. The van der Waals surface area contributed by atoms with Crippen LogP contribution in [0.5, 0.6) is 0 Å². The molecule has 2 aromatic carbocycles. The number of anilines is 1. The fraction of sp³-hybridized carbons (Fsp3) is 0.176. The van der Waals surface area contributed by atoms with Crippen LogP contribution in [0.2, 0.25) is 0 Å². The highest BCUT2D eigenvalue weighted by atomic mass is 19.1. The molecule has 4 nitrogen and oxygen atoms in total. The fourth-order valence-electron chi connectivity index (χ4n) is 2.53. The lowest BCUT2D eigenvalue weighted by atomic mass is 9.83. The number of halogens is 1. The molecular formula is C17H15FN2O2. The molecule has 0 bridgehead atoms. The maximum atomic E-state index is 13.8. The van der Waals surface area contributed by atoms with Gasteiger partial charge in [0, 0.05) is 0 Å². The topological polar surface area (TPSA) is 58.2 Å². The standard InChI is InChI=1S/C17H15FN2O2/c1-10-5-4-8-13(15(10)18)19-16(21)17(22)20-14-9-11-6-2-3-7-12(11)14/h2-8,14H,9H2,1H3,(H,19,21)(H,20,22). The van der Waals surface area contributed by atoms with Crippen LogP contribution in [0.25, 0.3) is 0 Å². The van der Waals surface area contributed by atoms with E-state index in [1.807, 2.05) is 24.3 Å². The smallest absolute Gasteiger partial charge is 0.313 e. The summed E-state index contributed by atoms with van der Waals surface area (Å²) in [6, 6.07) is 12.2. The number of carbonyl (C=O) groups excluding carboxylic acids is 2. The number of amides is 2. The van der Waals surface area contributed by atoms with Crippen molar-refractivity contribution in [3.8, 4) is 0 Å². The van der Waals surface area contributed by atoms with E-state index in [2.05, 4.69) is 10.6 Å². The van der Waals surface area contributed by atoms with Gasteiger partial charge in [-0.05, 0) is 36.1 Å². The summed E-state index contributed by atoms with van der Waals surface area (Å²) in [7, 11) is 0. The third-order valence-corrected chi connectivity index (χ3v) is 3.81. The first-order chi connectivity index (χ1) is 10.6. The Morgan fingerprint density at radius 3 is 2.64 bits per heavy atom. The number of hydrogen-bond acceptors (Lipinski definition) is 2. The first-order valence-corrected chi connectivity index (χ1v) is 7.01. The van der Waals surface area contributed by atoms with Crippen LogP contribution in [0.1, 0.15) is 22.7 Å². The van der Waals surface area contributed by atoms with Gasteiger partial charge in [-0.25, -0.2) is 4.39 Å². The molecule has 0 heterocycles. The first kappa shape index (κ1) is 14.3. The Morgan fingerprint density at radius 2 is 1.86 bits per heavy atom. The van der Waals surface area contributed by atoms with Crippen LogP contribution in [0.4, 0.5) is 10.1 Å². The van der Waals surface area contributed by atoms with Gasteiger partial charge in [-0.15, -0.1) is 0 Å². The van der Waals surface area contributed by atoms with Gasteiger partial charge in [0.25, 0.3) is 0 Å². The second-order valence-electron chi connectivity index (χ2n) is 5.32. The van der Waals surface area contributed by atoms with Gasteiger partial charge in [0.2, 0.25) is 0 Å². The van der Waals surface area contributed by atoms with Crippen LogP contribution in [0.3, 0.4) is 0 Å². The van der Waals surface area contributed by atoms with Crippen molar-refractivity contribution in [3.05, 3.63) is 65.0 Å². The highest BCUT2D eigenvalue weighted by Crippen LogP contribution is 2.32. The summed E-state index contributed by atoms with van der Waals surface area (Å²) in [5.41, 5.74) is 2.60. The van der Waals surface area contributed by atoms with Crippen molar-refractivity contribution in [2.45, 2.75) is 19.4 Å². The first-order valence-electron chi connectivity index (χ1n) is 7.01. The van der Waals surface area contributed by atoms with Crippen molar-refractivity contribution in [2.75, 3.05) is 5.32 Å². The maximum Gasteiger partial charge on any atom is 0.313 e. The maximum absolute atomic E-state index is 13.8. The summed E-state index contributed by atoms with van der Waals surface area (Å²) in [6.45, 7) is 1.59. The summed E-state index contributed by atoms with van der Waals surface area (Å²) in [4.78, 5) is 23.8. The molecule has 1 aliphatic rings. The minimum Gasteiger partial charge on any atom is -0.341 e. The van der Waals surface area contributed by atoms with E-state index in [-0.39, 0.29) is 11.7 Å². The van der Waals surface area contributed by atoms with Gasteiger partial charge in [-0.2, -0.15) is 0 Å². The molecule has 0 aromatic heterocycles. The van der Waals surface area contributed by atoms with Gasteiger partial charge in [-0.3, -0.25) is 9.59 Å². The number of aryl methyl sites for hydroxylation is 1. The zero-order valence-electron chi connectivity index (χ0n) is 12.0. The molecule has 0 saturated carbocycles. The van der Waals surface area contributed by atoms with Crippen molar-refractivity contribution in [1.29, 1.82) is 0 Å². The zero-order valence-corrected chi connectivity index (χ0v) is 12.0. The van der Waals surface area contributed by atoms with Gasteiger partial charge < -0.3 is 10.6 Å². The average molecular weight is 298 g/mol. The molecule has 22 heavy (non-hydrogen) atoms. The highest BCUT2D eigenvalue weighted by Gasteiger charge is 2.29. The van der Waals surface area contributed by atoms with E-state index in [1.165, 1.54) is 6.07 Å². The van der Waals surface area contributed by atoms with Crippen molar-refractivity contribution in [3.63, 3.8) is 0 Å². The Balaban J connectivity index is 1.64. The quantitative estimate of drug-likeness (QED) is 0.837. The Bertz CT molecular complexity index is 758. The molecule has 112 valence electrons. The minimum atomic E-state index is -0.867. The van der Waals surface area contributed by atoms with E-state index < -0.39 is 17.6 Å². The number of nitrogens with one attached hydrogen (secondary N) is 2. The number of carbonyl (C=O) groups is 2. The van der Waals surface area contributed by atoms with Crippen LogP contribution < -0.4 is 10.6 Å². The normalized spacial score (nSPS) is 15.5. The molecule has 0 saturated heterocycles. The van der Waals surface area contributed by atoms with Crippen molar-refractivity contribution in [1.82, 2.24) is 5.32 Å². The lowest BCUT2D eigenvalue weighted by Gasteiger charge is -2.30. The van der Waals surface area contributed by atoms with Gasteiger partial charge in [-0.1, -0.05) is 36.4 Å². The van der Waals surface area contributed by atoms with Gasteiger partial charge in [0.1, 0.15) is 5.82 Å². The zero-order chi connectivity index (χ0) is 15.7. The number of benzene rings is 2. The second-order valence-corrected chi connectivity index (χ2v) is 5.32. The molecule has 0 radical (unpaired) electrons. The number of rotatable bonds is 2. The van der Waals surface area contributed by atoms with E-state index in [0.717, 1.165) is 11.1 Å². The second kappa shape index (κ2) is 5.60. The molecule has 3 rings (SSSR count). The van der Waals surface area contributed by atoms with Gasteiger partial charge >= 0.3 is 11.8 Å². The molecule has 1 unspecified atom stereocenters. The van der Waals surface area contributed by atoms with Crippen LogP contribution in [-0.4, -0.2) is 11.8 Å². The van der Waals surface area contributed by atoms with Crippen LogP contribution in [0, 0.1) is 12.7 Å². The lowest BCUT2D eigenvalue weighted by molar-refractivity contribution is -0.136. The largest absolute Gasteiger partial charge is 0.341 e. The molecule has 0 fully saturated rings. The fourth-order valence-corrected chi connectivity index (χ4v) is 2.53. The highest BCUT2D eigenvalue weighted by molar-refractivity contribution is 6.39. The van der Waals surface area contributed by atoms with Crippen LogP contribution in [-0.2, 0) is 16.0 Å². The third kappa shape index (κ3) is 2.57. The van der Waals surface area contributed by atoms with Crippen LogP contribution in [0.15, 0.2) is 42.5 Å². The Morgan fingerprint density at radius 1 is 1.09 bits per heavy atom. The van der Waals surface area contributed by atoms with E-state index in [9.17, 15) is 14.0 Å². The predicted molar refractivity (Wildman–Crippen MR) is 80.8 cm³/mol. The molecule has 1 aliphatic carbocycles. The molecule has 2 N–H and O–H groups in total. The summed E-state index contributed by atoms with van der Waals surface area (Å²) in [6.07, 6.45) is 0.702. The number of fused-ring (bicyclic) bond motifs is 1. The summed E-state index contributed by atoms with van der Waals surface area (Å²) in [5, 5.41) is 4.96. The summed E-state index contributed by atoms with van der Waals surface area (Å²) in [5.74, 6) is -2.16. The Hall–Kier alpha value is -2.69. The molecule has 0 aliphatic heterocycles. The average Bonchev–Trinajstić information content (AvgIpc) is 2.49. The molecule has 2 amide bonds. The Kier molecular flexibility index (Phi) is 3.63. The summed E-state index contributed by atoms with van der Waals surface area (Å²) >= 11 is 0. The molecule has 2 aromatic rings. The van der Waals surface area contributed by atoms with E-state index in [1.54, 1.807) is 19.1 Å². The van der Waals surface area contributed by atoms with Gasteiger partial charge in [0.15, 0.2) is 0 Å². The monoisotopic (exact) mass is 298 g/mol. The molecule has 1 atom stereocenters. The SMILES string of the molecule is Cc1cccc(NC(=O)C(=O)NC2Cc3ccccc32)c1F. The Labute approximate surface area is 127 Å². The molecule has 5 heteroatoms. The minimum absolute atomic E-state index is 0.00848. The summed E-state index contributed by atoms with van der Waals surface area (Å²) < 4.78 is 13.8. The van der Waals surface area contributed by atoms with Crippen molar-refractivity contribution >= 4 is 17.5 Å². The van der Waals surface area contributed by atoms with Crippen molar-refractivity contribution < 1.29 is 14.0 Å². The third-order valence-electron chi connectivity index (χ3n) is 3.81. The van der Waals surface area contributed by atoms with Crippen LogP contribution >= 0.6 is 0 Å². The van der Waals surface area contributed by atoms with Gasteiger partial charge in [0.05, 0.1) is 11.7 Å². The van der Waals surface area contributed by atoms with Crippen molar-refractivity contribution in [2.24, 2.45) is 0 Å². The lowest BCUT2D eigenvalue weighted by Crippen LogP contribution is -2.41. The number of hydrogen-bond donors (Lipinski definition) is 2.